The molecule has 14 heavy (non-hydrogen) atoms. The van der Waals surface area contributed by atoms with E-state index >= 15 is 0 Å². The molecule has 2 nitrogen and oxygen atoms in total. The van der Waals surface area contributed by atoms with E-state index in [0.717, 1.165) is 16.1 Å². The van der Waals surface area contributed by atoms with Crippen LogP contribution < -0.4 is 0 Å². The van der Waals surface area contributed by atoms with Gasteiger partial charge in [0.15, 0.2) is 0 Å². The molecule has 2 heterocycles. The van der Waals surface area contributed by atoms with E-state index in [1.54, 1.807) is 16.8 Å². The van der Waals surface area contributed by atoms with Gasteiger partial charge in [-0.05, 0) is 30.9 Å². The average molecular weight is 225 g/mol. The predicted octanol–water partition coefficient (Wildman–Crippen LogP) is 2.90. The van der Waals surface area contributed by atoms with E-state index < -0.39 is 6.10 Å². The Morgan fingerprint density at radius 3 is 2.64 bits per heavy atom. The Balaban J connectivity index is 2.33. The molecular weight excluding hydrogens is 214 g/mol. The third kappa shape index (κ3) is 1.73. The van der Waals surface area contributed by atoms with Gasteiger partial charge in [0.1, 0.15) is 6.10 Å². The van der Waals surface area contributed by atoms with E-state index in [1.807, 2.05) is 25.3 Å². The van der Waals surface area contributed by atoms with Crippen molar-refractivity contribution in [1.82, 2.24) is 4.98 Å². The van der Waals surface area contributed by atoms with Crippen LogP contribution >= 0.6 is 22.7 Å². The summed E-state index contributed by atoms with van der Waals surface area (Å²) in [7, 11) is 0. The molecule has 1 N–H and O–H groups in total. The highest BCUT2D eigenvalue weighted by atomic mass is 32.1. The smallest absolute Gasteiger partial charge is 0.116 e. The van der Waals surface area contributed by atoms with Crippen molar-refractivity contribution >= 4 is 22.7 Å². The summed E-state index contributed by atoms with van der Waals surface area (Å²) in [5.41, 5.74) is 3.67. The molecule has 1 atom stereocenters. The third-order valence-electron chi connectivity index (χ3n) is 2.10. The molecule has 0 fully saturated rings. The Morgan fingerprint density at radius 1 is 1.36 bits per heavy atom. The molecule has 0 radical (unpaired) electrons. The number of hydrogen-bond donors (Lipinski definition) is 1. The second-order valence-corrected chi connectivity index (χ2v) is 5.20. The SMILES string of the molecule is Cc1cc(C(O)c2scnc2C)cs1. The summed E-state index contributed by atoms with van der Waals surface area (Å²) in [6, 6.07) is 2.02. The van der Waals surface area contributed by atoms with Gasteiger partial charge in [0.2, 0.25) is 0 Å². The standard InChI is InChI=1S/C10H11NOS2/c1-6-3-8(4-13-6)9(12)10-7(2)11-5-14-10/h3-5,9,12H,1-2H3. The summed E-state index contributed by atoms with van der Waals surface area (Å²) in [6.07, 6.45) is -0.507. The molecule has 4 heteroatoms. The van der Waals surface area contributed by atoms with E-state index in [9.17, 15) is 5.11 Å². The summed E-state index contributed by atoms with van der Waals surface area (Å²) < 4.78 is 0. The first kappa shape index (κ1) is 9.83. The van der Waals surface area contributed by atoms with Crippen LogP contribution in [0, 0.1) is 13.8 Å². The molecule has 0 amide bonds. The lowest BCUT2D eigenvalue weighted by atomic mass is 10.1. The zero-order valence-electron chi connectivity index (χ0n) is 8.02. The lowest BCUT2D eigenvalue weighted by molar-refractivity contribution is 0.223. The molecule has 2 aromatic rings. The topological polar surface area (TPSA) is 33.1 Å². The molecule has 0 aliphatic carbocycles. The molecule has 2 aromatic heterocycles. The summed E-state index contributed by atoms with van der Waals surface area (Å²) in [5, 5.41) is 12.1. The van der Waals surface area contributed by atoms with Gasteiger partial charge in [-0.25, -0.2) is 4.98 Å². The first-order valence-corrected chi connectivity index (χ1v) is 6.07. The van der Waals surface area contributed by atoms with Crippen molar-refractivity contribution in [2.75, 3.05) is 0 Å². The van der Waals surface area contributed by atoms with Crippen molar-refractivity contribution in [2.24, 2.45) is 0 Å². The maximum atomic E-state index is 10.1. The zero-order chi connectivity index (χ0) is 10.1. The minimum absolute atomic E-state index is 0.507. The number of aromatic nitrogens is 1. The third-order valence-corrected chi connectivity index (χ3v) is 3.96. The molecule has 0 aromatic carbocycles. The molecule has 0 saturated heterocycles. The maximum Gasteiger partial charge on any atom is 0.116 e. The van der Waals surface area contributed by atoms with Crippen molar-refractivity contribution < 1.29 is 5.11 Å². The van der Waals surface area contributed by atoms with Gasteiger partial charge < -0.3 is 5.11 Å². The number of nitrogens with zero attached hydrogens (tertiary/aromatic N) is 1. The minimum atomic E-state index is -0.507. The van der Waals surface area contributed by atoms with Gasteiger partial charge in [-0.15, -0.1) is 22.7 Å². The van der Waals surface area contributed by atoms with Crippen LogP contribution in [0.25, 0.3) is 0 Å². The Hall–Kier alpha value is -0.710. The molecule has 2 rings (SSSR count). The normalized spacial score (nSPS) is 13.1. The van der Waals surface area contributed by atoms with E-state index in [2.05, 4.69) is 4.98 Å². The van der Waals surface area contributed by atoms with E-state index in [1.165, 1.54) is 16.2 Å². The van der Waals surface area contributed by atoms with Crippen LogP contribution in [0.5, 0.6) is 0 Å². The zero-order valence-corrected chi connectivity index (χ0v) is 9.65. The minimum Gasteiger partial charge on any atom is -0.383 e. The number of aliphatic hydroxyl groups excluding tert-OH is 1. The van der Waals surface area contributed by atoms with Crippen LogP contribution in [0.3, 0.4) is 0 Å². The first-order valence-electron chi connectivity index (χ1n) is 4.31. The number of thiophene rings is 1. The Labute approximate surface area is 90.9 Å². The van der Waals surface area contributed by atoms with Gasteiger partial charge in [-0.2, -0.15) is 0 Å². The molecule has 0 spiro atoms. The second kappa shape index (κ2) is 3.81. The molecule has 1 unspecified atom stereocenters. The van der Waals surface area contributed by atoms with Gasteiger partial charge in [0.05, 0.1) is 16.1 Å². The Bertz CT molecular complexity index is 433. The quantitative estimate of drug-likeness (QED) is 0.852. The number of hydrogen-bond acceptors (Lipinski definition) is 4. The van der Waals surface area contributed by atoms with Crippen LogP contribution in [-0.2, 0) is 0 Å². The monoisotopic (exact) mass is 225 g/mol. The molecular formula is C10H11NOS2. The number of rotatable bonds is 2. The fraction of sp³-hybridized carbons (Fsp3) is 0.300. The highest BCUT2D eigenvalue weighted by Crippen LogP contribution is 2.30. The van der Waals surface area contributed by atoms with Crippen LogP contribution in [0.2, 0.25) is 0 Å². The number of aryl methyl sites for hydroxylation is 2. The first-order chi connectivity index (χ1) is 6.68. The van der Waals surface area contributed by atoms with Gasteiger partial charge in [0, 0.05) is 4.88 Å². The lowest BCUT2D eigenvalue weighted by Crippen LogP contribution is -1.97. The van der Waals surface area contributed by atoms with Crippen LogP contribution in [0.15, 0.2) is 17.0 Å². The van der Waals surface area contributed by atoms with Crippen molar-refractivity contribution in [3.05, 3.63) is 38.0 Å². The number of aliphatic hydroxyl groups is 1. The predicted molar refractivity (Wildman–Crippen MR) is 60.0 cm³/mol. The van der Waals surface area contributed by atoms with Crippen LogP contribution in [0.4, 0.5) is 0 Å². The molecule has 0 saturated carbocycles. The largest absolute Gasteiger partial charge is 0.383 e. The second-order valence-electron chi connectivity index (χ2n) is 3.20. The highest BCUT2D eigenvalue weighted by Gasteiger charge is 2.15. The van der Waals surface area contributed by atoms with Crippen LogP contribution in [0.1, 0.15) is 27.1 Å². The van der Waals surface area contributed by atoms with Gasteiger partial charge >= 0.3 is 0 Å². The highest BCUT2D eigenvalue weighted by molar-refractivity contribution is 7.10. The van der Waals surface area contributed by atoms with E-state index in [4.69, 9.17) is 0 Å². The fourth-order valence-corrected chi connectivity index (χ4v) is 2.87. The lowest BCUT2D eigenvalue weighted by Gasteiger charge is -2.06. The van der Waals surface area contributed by atoms with Crippen molar-refractivity contribution in [3.63, 3.8) is 0 Å². The Kier molecular flexibility index (Phi) is 2.67. The molecule has 0 bridgehead atoms. The van der Waals surface area contributed by atoms with Gasteiger partial charge in [-0.3, -0.25) is 0 Å². The maximum absolute atomic E-state index is 10.1. The molecule has 74 valence electrons. The summed E-state index contributed by atoms with van der Waals surface area (Å²) >= 11 is 3.17. The molecule has 0 aliphatic rings. The summed E-state index contributed by atoms with van der Waals surface area (Å²) in [4.78, 5) is 6.30. The van der Waals surface area contributed by atoms with Crippen LogP contribution in [-0.4, -0.2) is 10.1 Å². The van der Waals surface area contributed by atoms with Gasteiger partial charge in [-0.1, -0.05) is 0 Å². The number of thiazole rings is 1. The summed E-state index contributed by atoms with van der Waals surface area (Å²) in [6.45, 7) is 3.97. The Morgan fingerprint density at radius 2 is 2.14 bits per heavy atom. The van der Waals surface area contributed by atoms with E-state index in [-0.39, 0.29) is 0 Å². The van der Waals surface area contributed by atoms with Crippen molar-refractivity contribution in [3.8, 4) is 0 Å². The average Bonchev–Trinajstić information content (AvgIpc) is 2.73. The van der Waals surface area contributed by atoms with Crippen molar-refractivity contribution in [1.29, 1.82) is 0 Å². The van der Waals surface area contributed by atoms with Crippen molar-refractivity contribution in [2.45, 2.75) is 20.0 Å². The fourth-order valence-electron chi connectivity index (χ4n) is 1.33. The van der Waals surface area contributed by atoms with Gasteiger partial charge in [0.25, 0.3) is 0 Å². The summed E-state index contributed by atoms with van der Waals surface area (Å²) in [5.74, 6) is 0. The molecule has 0 aliphatic heterocycles. The van der Waals surface area contributed by atoms with E-state index in [0.29, 0.717) is 0 Å².